The van der Waals surface area contributed by atoms with Gasteiger partial charge in [0, 0.05) is 19.3 Å². The Morgan fingerprint density at radius 2 is 1.91 bits per heavy atom. The SMILES string of the molecule is Cc1ccc(NC(=O)N2CCC(Cc3ccccc3)CC2)nc1. The maximum Gasteiger partial charge on any atom is 0.323 e. The Labute approximate surface area is 137 Å². The Morgan fingerprint density at radius 3 is 2.57 bits per heavy atom. The van der Waals surface area contributed by atoms with E-state index in [9.17, 15) is 4.79 Å². The van der Waals surface area contributed by atoms with E-state index in [-0.39, 0.29) is 6.03 Å². The Hall–Kier alpha value is -2.36. The van der Waals surface area contributed by atoms with Gasteiger partial charge in [-0.1, -0.05) is 36.4 Å². The van der Waals surface area contributed by atoms with Crippen LogP contribution in [0.15, 0.2) is 48.7 Å². The molecular formula is C19H23N3O. The van der Waals surface area contributed by atoms with Crippen LogP contribution in [0.25, 0.3) is 0 Å². The van der Waals surface area contributed by atoms with Crippen molar-refractivity contribution in [3.05, 3.63) is 59.8 Å². The second-order valence-electron chi connectivity index (χ2n) is 6.27. The molecule has 2 amide bonds. The lowest BCUT2D eigenvalue weighted by atomic mass is 9.90. The van der Waals surface area contributed by atoms with Crippen molar-refractivity contribution >= 4 is 11.8 Å². The number of nitrogens with one attached hydrogen (secondary N) is 1. The molecule has 23 heavy (non-hydrogen) atoms. The number of rotatable bonds is 3. The van der Waals surface area contributed by atoms with Crippen LogP contribution in [0.3, 0.4) is 0 Å². The normalized spacial score (nSPS) is 15.4. The number of pyridine rings is 1. The number of hydrogen-bond donors (Lipinski definition) is 1. The fraction of sp³-hybridized carbons (Fsp3) is 0.368. The van der Waals surface area contributed by atoms with Crippen LogP contribution in [0.4, 0.5) is 10.6 Å². The summed E-state index contributed by atoms with van der Waals surface area (Å²) in [5.74, 6) is 1.28. The van der Waals surface area contributed by atoms with Gasteiger partial charge in [0.1, 0.15) is 5.82 Å². The van der Waals surface area contributed by atoms with Gasteiger partial charge in [0.15, 0.2) is 0 Å². The van der Waals surface area contributed by atoms with Crippen LogP contribution >= 0.6 is 0 Å². The minimum Gasteiger partial charge on any atom is -0.324 e. The molecule has 1 aromatic heterocycles. The first-order valence-electron chi connectivity index (χ1n) is 8.23. The number of urea groups is 1. The summed E-state index contributed by atoms with van der Waals surface area (Å²) in [6.07, 6.45) is 4.99. The van der Waals surface area contributed by atoms with E-state index in [0.717, 1.165) is 37.9 Å². The van der Waals surface area contributed by atoms with Crippen molar-refractivity contribution in [2.75, 3.05) is 18.4 Å². The number of aryl methyl sites for hydroxylation is 1. The van der Waals surface area contributed by atoms with Crippen LogP contribution in [0.2, 0.25) is 0 Å². The maximum atomic E-state index is 12.3. The number of hydrogen-bond acceptors (Lipinski definition) is 2. The number of carbonyl (C=O) groups is 1. The Kier molecular flexibility index (Phi) is 4.91. The zero-order chi connectivity index (χ0) is 16.1. The van der Waals surface area contributed by atoms with Crippen LogP contribution < -0.4 is 5.32 Å². The minimum atomic E-state index is -0.0421. The van der Waals surface area contributed by atoms with Gasteiger partial charge >= 0.3 is 6.03 Å². The van der Waals surface area contributed by atoms with Crippen LogP contribution in [-0.2, 0) is 6.42 Å². The average Bonchev–Trinajstić information content (AvgIpc) is 2.58. The highest BCUT2D eigenvalue weighted by Crippen LogP contribution is 2.22. The number of likely N-dealkylation sites (tertiary alicyclic amines) is 1. The van der Waals surface area contributed by atoms with Gasteiger partial charge in [0.2, 0.25) is 0 Å². The minimum absolute atomic E-state index is 0.0421. The highest BCUT2D eigenvalue weighted by atomic mass is 16.2. The average molecular weight is 309 g/mol. The second-order valence-corrected chi connectivity index (χ2v) is 6.27. The van der Waals surface area contributed by atoms with Gasteiger partial charge in [-0.05, 0) is 49.3 Å². The van der Waals surface area contributed by atoms with E-state index >= 15 is 0 Å². The number of aromatic nitrogens is 1. The number of anilines is 1. The quantitative estimate of drug-likeness (QED) is 0.935. The zero-order valence-corrected chi connectivity index (χ0v) is 13.5. The number of nitrogens with zero attached hydrogens (tertiary/aromatic N) is 2. The van der Waals surface area contributed by atoms with E-state index in [4.69, 9.17) is 0 Å². The van der Waals surface area contributed by atoms with Gasteiger partial charge in [-0.15, -0.1) is 0 Å². The molecule has 0 bridgehead atoms. The van der Waals surface area contributed by atoms with Crippen LogP contribution in [0.1, 0.15) is 24.0 Å². The second kappa shape index (κ2) is 7.27. The Morgan fingerprint density at radius 1 is 1.17 bits per heavy atom. The van der Waals surface area contributed by atoms with Crippen molar-refractivity contribution in [2.24, 2.45) is 5.92 Å². The molecule has 1 aliphatic heterocycles. The van der Waals surface area contributed by atoms with Crippen molar-refractivity contribution in [1.29, 1.82) is 0 Å². The first-order chi connectivity index (χ1) is 11.2. The van der Waals surface area contributed by atoms with Gasteiger partial charge in [-0.2, -0.15) is 0 Å². The summed E-state index contributed by atoms with van der Waals surface area (Å²) in [5.41, 5.74) is 2.48. The molecule has 3 rings (SSSR count). The smallest absolute Gasteiger partial charge is 0.323 e. The molecule has 0 radical (unpaired) electrons. The molecule has 2 heterocycles. The number of piperidine rings is 1. The van der Waals surface area contributed by atoms with Crippen LogP contribution in [0.5, 0.6) is 0 Å². The molecular weight excluding hydrogens is 286 g/mol. The van der Waals surface area contributed by atoms with Gasteiger partial charge in [-0.25, -0.2) is 9.78 Å². The van der Waals surface area contributed by atoms with Gasteiger partial charge in [-0.3, -0.25) is 5.32 Å². The van der Waals surface area contributed by atoms with Crippen molar-refractivity contribution < 1.29 is 4.79 Å². The molecule has 0 saturated carbocycles. The summed E-state index contributed by atoms with van der Waals surface area (Å²) >= 11 is 0. The summed E-state index contributed by atoms with van der Waals surface area (Å²) in [5, 5.41) is 2.88. The largest absolute Gasteiger partial charge is 0.324 e. The van der Waals surface area contributed by atoms with E-state index in [2.05, 4.69) is 40.6 Å². The topological polar surface area (TPSA) is 45.2 Å². The maximum absolute atomic E-state index is 12.3. The van der Waals surface area contributed by atoms with Crippen molar-refractivity contribution in [3.63, 3.8) is 0 Å². The van der Waals surface area contributed by atoms with Crippen molar-refractivity contribution in [1.82, 2.24) is 9.88 Å². The summed E-state index contributed by atoms with van der Waals surface area (Å²) in [4.78, 5) is 18.4. The van der Waals surface area contributed by atoms with E-state index in [1.54, 1.807) is 6.20 Å². The molecule has 4 nitrogen and oxygen atoms in total. The Balaban J connectivity index is 1.48. The summed E-state index contributed by atoms with van der Waals surface area (Å²) < 4.78 is 0. The molecule has 1 N–H and O–H groups in total. The fourth-order valence-corrected chi connectivity index (χ4v) is 3.02. The third-order valence-electron chi connectivity index (χ3n) is 4.42. The third-order valence-corrected chi connectivity index (χ3v) is 4.42. The molecule has 4 heteroatoms. The first kappa shape index (κ1) is 15.5. The first-order valence-corrected chi connectivity index (χ1v) is 8.23. The standard InChI is InChI=1S/C19H23N3O/c1-15-7-8-18(20-14-15)21-19(23)22-11-9-17(10-12-22)13-16-5-3-2-4-6-16/h2-8,14,17H,9-13H2,1H3,(H,20,21,23). The van der Waals surface area contributed by atoms with Gasteiger partial charge in [0.25, 0.3) is 0 Å². The molecule has 0 atom stereocenters. The molecule has 1 aromatic carbocycles. The third kappa shape index (κ3) is 4.31. The van der Waals surface area contributed by atoms with Gasteiger partial charge in [0.05, 0.1) is 0 Å². The van der Waals surface area contributed by atoms with E-state index in [1.807, 2.05) is 24.0 Å². The molecule has 0 spiro atoms. The lowest BCUT2D eigenvalue weighted by molar-refractivity contribution is 0.182. The molecule has 1 saturated heterocycles. The molecule has 1 fully saturated rings. The fourth-order valence-electron chi connectivity index (χ4n) is 3.02. The summed E-state index contributed by atoms with van der Waals surface area (Å²) in [7, 11) is 0. The number of amides is 2. The van der Waals surface area contributed by atoms with E-state index in [1.165, 1.54) is 5.56 Å². The highest BCUT2D eigenvalue weighted by molar-refractivity contribution is 5.88. The Bertz CT molecular complexity index is 631. The monoisotopic (exact) mass is 309 g/mol. The van der Waals surface area contributed by atoms with E-state index in [0.29, 0.717) is 11.7 Å². The van der Waals surface area contributed by atoms with Gasteiger partial charge < -0.3 is 4.90 Å². The van der Waals surface area contributed by atoms with Crippen LogP contribution in [0, 0.1) is 12.8 Å². The van der Waals surface area contributed by atoms with Crippen molar-refractivity contribution in [3.8, 4) is 0 Å². The van der Waals surface area contributed by atoms with E-state index < -0.39 is 0 Å². The zero-order valence-electron chi connectivity index (χ0n) is 13.5. The van der Waals surface area contributed by atoms with Crippen molar-refractivity contribution in [2.45, 2.75) is 26.2 Å². The predicted molar refractivity (Wildman–Crippen MR) is 92.4 cm³/mol. The lowest BCUT2D eigenvalue weighted by Crippen LogP contribution is -2.41. The summed E-state index contributed by atoms with van der Waals surface area (Å²) in [6.45, 7) is 3.61. The number of carbonyl (C=O) groups excluding carboxylic acids is 1. The summed E-state index contributed by atoms with van der Waals surface area (Å²) in [6, 6.07) is 14.3. The van der Waals surface area contributed by atoms with Crippen LogP contribution in [-0.4, -0.2) is 29.0 Å². The molecule has 0 aliphatic carbocycles. The molecule has 2 aromatic rings. The highest BCUT2D eigenvalue weighted by Gasteiger charge is 2.23. The number of benzene rings is 1. The molecule has 120 valence electrons. The molecule has 0 unspecified atom stereocenters. The molecule has 1 aliphatic rings. The predicted octanol–water partition coefficient (Wildman–Crippen LogP) is 3.88. The lowest BCUT2D eigenvalue weighted by Gasteiger charge is -2.32.